The summed E-state index contributed by atoms with van der Waals surface area (Å²) in [6.07, 6.45) is 3.56. The zero-order valence-corrected chi connectivity index (χ0v) is 15.7. The van der Waals surface area contributed by atoms with Gasteiger partial charge in [0.2, 0.25) is 5.91 Å². The summed E-state index contributed by atoms with van der Waals surface area (Å²) in [4.78, 5) is 26.7. The number of nitrogens with one attached hydrogen (secondary N) is 1. The Morgan fingerprint density at radius 2 is 1.93 bits per heavy atom. The molecule has 27 heavy (non-hydrogen) atoms. The first-order valence-electron chi connectivity index (χ1n) is 8.22. The van der Waals surface area contributed by atoms with Gasteiger partial charge in [-0.1, -0.05) is 17.8 Å². The van der Waals surface area contributed by atoms with Crippen molar-refractivity contribution in [2.24, 2.45) is 0 Å². The van der Waals surface area contributed by atoms with E-state index in [0.717, 1.165) is 10.8 Å². The van der Waals surface area contributed by atoms with E-state index >= 15 is 0 Å². The molecule has 7 nitrogen and oxygen atoms in total. The molecule has 0 spiro atoms. The van der Waals surface area contributed by atoms with E-state index in [0.29, 0.717) is 5.69 Å². The normalized spacial score (nSPS) is 10.6. The number of thioether (sulfide) groups is 1. The van der Waals surface area contributed by atoms with Gasteiger partial charge in [0.15, 0.2) is 5.16 Å². The monoisotopic (exact) mass is 382 g/mol. The molecule has 0 bridgehead atoms. The van der Waals surface area contributed by atoms with Gasteiger partial charge in [-0.25, -0.2) is 4.98 Å². The van der Waals surface area contributed by atoms with Gasteiger partial charge in [0.25, 0.3) is 5.69 Å². The third kappa shape index (κ3) is 4.53. The summed E-state index contributed by atoms with van der Waals surface area (Å²) in [6.45, 7) is 4.12. The standard InChI is InChI=1S/C19H18N4O3S/c1-13-3-6-17(11-14(13)2)22-10-9-20-19(22)27-12-18(24)21-15-4-7-16(8-5-15)23(25)26/h3-11H,12H2,1-2H3,(H,21,24). The van der Waals surface area contributed by atoms with Gasteiger partial charge in [0, 0.05) is 35.9 Å². The molecular formula is C19H18N4O3S. The van der Waals surface area contributed by atoms with Gasteiger partial charge in [-0.2, -0.15) is 0 Å². The number of imidazole rings is 1. The third-order valence-corrected chi connectivity index (χ3v) is 5.04. The largest absolute Gasteiger partial charge is 0.325 e. The lowest BCUT2D eigenvalue weighted by Gasteiger charge is -2.10. The van der Waals surface area contributed by atoms with Crippen molar-refractivity contribution < 1.29 is 9.72 Å². The average Bonchev–Trinajstić information content (AvgIpc) is 3.11. The maximum atomic E-state index is 12.2. The van der Waals surface area contributed by atoms with Gasteiger partial charge in [0.1, 0.15) is 0 Å². The molecule has 1 N–H and O–H groups in total. The Labute approximate surface area is 160 Å². The Kier molecular flexibility index (Phi) is 5.56. The van der Waals surface area contributed by atoms with Gasteiger partial charge in [-0.05, 0) is 49.2 Å². The van der Waals surface area contributed by atoms with Crippen LogP contribution in [0.5, 0.6) is 0 Å². The molecule has 2 aromatic carbocycles. The van der Waals surface area contributed by atoms with E-state index in [1.165, 1.54) is 47.2 Å². The number of benzene rings is 2. The number of aryl methyl sites for hydroxylation is 2. The molecule has 0 aliphatic heterocycles. The Morgan fingerprint density at radius 3 is 2.59 bits per heavy atom. The Bertz CT molecular complexity index is 983. The van der Waals surface area contributed by atoms with E-state index in [-0.39, 0.29) is 17.3 Å². The van der Waals surface area contributed by atoms with E-state index in [1.807, 2.05) is 16.8 Å². The molecule has 0 unspecified atom stereocenters. The SMILES string of the molecule is Cc1ccc(-n2ccnc2SCC(=O)Nc2ccc([N+](=O)[O-])cc2)cc1C. The van der Waals surface area contributed by atoms with Crippen molar-refractivity contribution in [1.29, 1.82) is 0 Å². The highest BCUT2D eigenvalue weighted by Gasteiger charge is 2.11. The number of nitro groups is 1. The minimum atomic E-state index is -0.478. The number of hydrogen-bond donors (Lipinski definition) is 1. The van der Waals surface area contributed by atoms with Crippen LogP contribution in [0.2, 0.25) is 0 Å². The molecule has 0 atom stereocenters. The maximum absolute atomic E-state index is 12.2. The molecule has 138 valence electrons. The van der Waals surface area contributed by atoms with Crippen molar-refractivity contribution in [2.45, 2.75) is 19.0 Å². The van der Waals surface area contributed by atoms with Crippen LogP contribution in [-0.2, 0) is 4.79 Å². The number of amides is 1. The predicted octanol–water partition coefficient (Wildman–Crippen LogP) is 4.13. The molecule has 1 amide bonds. The van der Waals surface area contributed by atoms with Crippen LogP contribution in [0.15, 0.2) is 60.0 Å². The van der Waals surface area contributed by atoms with Crippen LogP contribution in [0.1, 0.15) is 11.1 Å². The lowest BCUT2D eigenvalue weighted by atomic mass is 10.1. The predicted molar refractivity (Wildman–Crippen MR) is 105 cm³/mol. The van der Waals surface area contributed by atoms with Crippen LogP contribution in [-0.4, -0.2) is 26.1 Å². The fourth-order valence-corrected chi connectivity index (χ4v) is 3.24. The molecule has 0 saturated carbocycles. The number of nitrogens with zero attached hydrogens (tertiary/aromatic N) is 3. The number of rotatable bonds is 6. The summed E-state index contributed by atoms with van der Waals surface area (Å²) >= 11 is 1.33. The number of nitro benzene ring substituents is 1. The number of carbonyl (C=O) groups is 1. The first-order chi connectivity index (χ1) is 12.9. The van der Waals surface area contributed by atoms with Gasteiger partial charge in [-0.3, -0.25) is 19.5 Å². The smallest absolute Gasteiger partial charge is 0.269 e. The Hall–Kier alpha value is -3.13. The second kappa shape index (κ2) is 8.05. The van der Waals surface area contributed by atoms with E-state index in [1.54, 1.807) is 6.20 Å². The van der Waals surface area contributed by atoms with Crippen LogP contribution < -0.4 is 5.32 Å². The van der Waals surface area contributed by atoms with Crippen molar-refractivity contribution >= 4 is 29.0 Å². The molecular weight excluding hydrogens is 364 g/mol. The molecule has 0 fully saturated rings. The molecule has 0 saturated heterocycles. The van der Waals surface area contributed by atoms with E-state index in [2.05, 4.69) is 36.3 Å². The molecule has 3 aromatic rings. The quantitative estimate of drug-likeness (QED) is 0.393. The van der Waals surface area contributed by atoms with Gasteiger partial charge in [0.05, 0.1) is 10.7 Å². The lowest BCUT2D eigenvalue weighted by Crippen LogP contribution is -2.14. The van der Waals surface area contributed by atoms with E-state index < -0.39 is 4.92 Å². The summed E-state index contributed by atoms with van der Waals surface area (Å²) in [5, 5.41) is 14.1. The zero-order chi connectivity index (χ0) is 19.4. The average molecular weight is 382 g/mol. The fourth-order valence-electron chi connectivity index (χ4n) is 2.46. The fraction of sp³-hybridized carbons (Fsp3) is 0.158. The van der Waals surface area contributed by atoms with Crippen molar-refractivity contribution in [3.63, 3.8) is 0 Å². The van der Waals surface area contributed by atoms with Crippen LogP contribution in [0.3, 0.4) is 0 Å². The minimum absolute atomic E-state index is 0.0159. The lowest BCUT2D eigenvalue weighted by molar-refractivity contribution is -0.384. The van der Waals surface area contributed by atoms with Gasteiger partial charge >= 0.3 is 0 Å². The topological polar surface area (TPSA) is 90.1 Å². The molecule has 0 aliphatic rings. The van der Waals surface area contributed by atoms with E-state index in [9.17, 15) is 14.9 Å². The molecule has 3 rings (SSSR count). The van der Waals surface area contributed by atoms with Gasteiger partial charge in [-0.15, -0.1) is 0 Å². The maximum Gasteiger partial charge on any atom is 0.269 e. The molecule has 0 aliphatic carbocycles. The Morgan fingerprint density at radius 1 is 1.19 bits per heavy atom. The summed E-state index contributed by atoms with van der Waals surface area (Å²) in [5.41, 5.74) is 3.90. The second-order valence-corrected chi connectivity index (χ2v) is 6.93. The highest BCUT2D eigenvalue weighted by atomic mass is 32.2. The van der Waals surface area contributed by atoms with Crippen LogP contribution in [0.25, 0.3) is 5.69 Å². The number of non-ortho nitro benzene ring substituents is 1. The molecule has 8 heteroatoms. The van der Waals surface area contributed by atoms with Crippen LogP contribution in [0.4, 0.5) is 11.4 Å². The van der Waals surface area contributed by atoms with Crippen LogP contribution >= 0.6 is 11.8 Å². The molecule has 1 heterocycles. The summed E-state index contributed by atoms with van der Waals surface area (Å²) in [6, 6.07) is 11.9. The van der Waals surface area contributed by atoms with Crippen molar-refractivity contribution in [3.05, 3.63) is 76.1 Å². The van der Waals surface area contributed by atoms with Crippen molar-refractivity contribution in [1.82, 2.24) is 9.55 Å². The Balaban J connectivity index is 1.63. The van der Waals surface area contributed by atoms with Crippen molar-refractivity contribution in [3.8, 4) is 5.69 Å². The highest BCUT2D eigenvalue weighted by Crippen LogP contribution is 2.22. The summed E-state index contributed by atoms with van der Waals surface area (Å²) in [5.74, 6) is -0.0257. The number of anilines is 1. The number of aromatic nitrogens is 2. The highest BCUT2D eigenvalue weighted by molar-refractivity contribution is 7.99. The summed E-state index contributed by atoms with van der Waals surface area (Å²) < 4.78 is 1.94. The van der Waals surface area contributed by atoms with E-state index in [4.69, 9.17) is 0 Å². The number of hydrogen-bond acceptors (Lipinski definition) is 5. The molecule has 1 aromatic heterocycles. The third-order valence-electron chi connectivity index (χ3n) is 4.07. The minimum Gasteiger partial charge on any atom is -0.325 e. The second-order valence-electron chi connectivity index (χ2n) is 5.99. The zero-order valence-electron chi connectivity index (χ0n) is 14.9. The van der Waals surface area contributed by atoms with Gasteiger partial charge < -0.3 is 5.32 Å². The first kappa shape index (κ1) is 18.7. The molecule has 0 radical (unpaired) electrons. The summed E-state index contributed by atoms with van der Waals surface area (Å²) in [7, 11) is 0. The first-order valence-corrected chi connectivity index (χ1v) is 9.20. The number of carbonyl (C=O) groups excluding carboxylic acids is 1. The van der Waals surface area contributed by atoms with Crippen LogP contribution in [0, 0.1) is 24.0 Å². The van der Waals surface area contributed by atoms with Crippen molar-refractivity contribution in [2.75, 3.05) is 11.1 Å².